The van der Waals surface area contributed by atoms with Crippen molar-refractivity contribution in [2.45, 2.75) is 44.1 Å². The standard InChI is InChI=1S/C25H29FN5O8P/c1-4-36-23(33)15(2)30-40(35,39-18-11-7-9-16-8-5-6-10-17(16)18)37-14-25(28-3)21(26)20(32)22(38-25)31-13-12-19(27)29-24(31)34/h5-13,15,20-22,32H,3-4,14H2,1-2H3,(H,30,35)(H2,27,29,34)/t15-,20+,21-,22+,25+,40?/m0/s1. The molecule has 6 atom stereocenters. The van der Waals surface area contributed by atoms with Gasteiger partial charge >= 0.3 is 19.4 Å². The number of aromatic nitrogens is 2. The quantitative estimate of drug-likeness (QED) is 0.173. The van der Waals surface area contributed by atoms with Crippen molar-refractivity contribution in [3.63, 3.8) is 0 Å². The molecule has 0 saturated carbocycles. The lowest BCUT2D eigenvalue weighted by atomic mass is 10.1. The van der Waals surface area contributed by atoms with Crippen LogP contribution in [-0.2, 0) is 23.4 Å². The van der Waals surface area contributed by atoms with E-state index in [4.69, 9.17) is 24.3 Å². The van der Waals surface area contributed by atoms with E-state index in [-0.39, 0.29) is 18.2 Å². The zero-order chi connectivity index (χ0) is 29.1. The number of aliphatic hydroxyl groups is 1. The minimum atomic E-state index is -4.51. The maximum Gasteiger partial charge on any atom is 0.459 e. The molecule has 15 heteroatoms. The second-order valence-corrected chi connectivity index (χ2v) is 10.6. The van der Waals surface area contributed by atoms with E-state index >= 15 is 4.39 Å². The first-order valence-corrected chi connectivity index (χ1v) is 13.8. The number of nitrogen functional groups attached to an aromatic ring is 1. The Kier molecular flexibility index (Phi) is 8.66. The number of alkyl halides is 1. The number of hydrogen-bond donors (Lipinski definition) is 3. The van der Waals surface area contributed by atoms with Gasteiger partial charge in [0.25, 0.3) is 0 Å². The van der Waals surface area contributed by atoms with Crippen molar-refractivity contribution >= 4 is 37.0 Å². The van der Waals surface area contributed by atoms with Gasteiger partial charge in [0, 0.05) is 11.6 Å². The van der Waals surface area contributed by atoms with Crippen LogP contribution in [0.4, 0.5) is 10.2 Å². The molecular formula is C25H29FN5O8P. The number of aliphatic hydroxyl groups excluding tert-OH is 1. The van der Waals surface area contributed by atoms with Crippen LogP contribution in [0.15, 0.2) is 64.5 Å². The van der Waals surface area contributed by atoms with Crippen LogP contribution in [0.5, 0.6) is 5.75 Å². The molecule has 1 unspecified atom stereocenters. The summed E-state index contributed by atoms with van der Waals surface area (Å²) in [6.07, 6.45) is -4.62. The van der Waals surface area contributed by atoms with Crippen LogP contribution in [0.3, 0.4) is 0 Å². The van der Waals surface area contributed by atoms with Crippen molar-refractivity contribution in [2.75, 3.05) is 18.9 Å². The average molecular weight is 578 g/mol. The summed E-state index contributed by atoms with van der Waals surface area (Å²) in [5.41, 5.74) is 2.27. The number of hydrogen-bond acceptors (Lipinski definition) is 11. The van der Waals surface area contributed by atoms with Crippen molar-refractivity contribution in [3.8, 4) is 5.75 Å². The van der Waals surface area contributed by atoms with E-state index in [2.05, 4.69) is 21.8 Å². The van der Waals surface area contributed by atoms with E-state index in [1.807, 2.05) is 18.2 Å². The molecule has 214 valence electrons. The van der Waals surface area contributed by atoms with Crippen LogP contribution in [-0.4, -0.2) is 64.6 Å². The summed E-state index contributed by atoms with van der Waals surface area (Å²) in [6.45, 7) is 5.51. The first-order chi connectivity index (χ1) is 19.0. The number of nitrogens with zero attached hydrogens (tertiary/aromatic N) is 3. The van der Waals surface area contributed by atoms with Gasteiger partial charge in [0.15, 0.2) is 12.4 Å². The van der Waals surface area contributed by atoms with Gasteiger partial charge in [-0.1, -0.05) is 36.4 Å². The van der Waals surface area contributed by atoms with Crippen LogP contribution in [0.25, 0.3) is 10.8 Å². The normalized spacial score (nSPS) is 24.8. The highest BCUT2D eigenvalue weighted by atomic mass is 31.2. The van der Waals surface area contributed by atoms with E-state index in [9.17, 15) is 19.3 Å². The van der Waals surface area contributed by atoms with Gasteiger partial charge in [-0.3, -0.25) is 18.9 Å². The van der Waals surface area contributed by atoms with E-state index in [0.717, 1.165) is 9.95 Å². The van der Waals surface area contributed by atoms with Crippen LogP contribution < -0.4 is 21.0 Å². The fourth-order valence-electron chi connectivity index (χ4n) is 4.11. The van der Waals surface area contributed by atoms with E-state index in [1.54, 1.807) is 31.2 Å². The van der Waals surface area contributed by atoms with Crippen molar-refractivity contribution in [3.05, 3.63) is 65.2 Å². The Morgan fingerprint density at radius 3 is 2.77 bits per heavy atom. The Hall–Kier alpha value is -3.68. The zero-order valence-electron chi connectivity index (χ0n) is 21.7. The zero-order valence-corrected chi connectivity index (χ0v) is 22.6. The topological polar surface area (TPSA) is 177 Å². The van der Waals surface area contributed by atoms with Crippen LogP contribution in [0, 0.1) is 0 Å². The molecule has 40 heavy (non-hydrogen) atoms. The van der Waals surface area contributed by atoms with E-state index in [1.165, 1.54) is 19.2 Å². The van der Waals surface area contributed by atoms with Gasteiger partial charge in [-0.2, -0.15) is 10.1 Å². The monoisotopic (exact) mass is 577 g/mol. The third kappa shape index (κ3) is 5.91. The molecule has 0 aliphatic carbocycles. The molecule has 2 aromatic carbocycles. The number of anilines is 1. The molecule has 0 bridgehead atoms. The molecule has 4 rings (SSSR count). The summed E-state index contributed by atoms with van der Waals surface area (Å²) < 4.78 is 52.4. The molecule has 3 aromatic rings. The second kappa shape index (κ2) is 11.8. The van der Waals surface area contributed by atoms with Gasteiger partial charge in [-0.25, -0.2) is 13.8 Å². The number of carbonyl (C=O) groups is 1. The number of nitrogens with one attached hydrogen (secondary N) is 1. The Labute approximate surface area is 228 Å². The Morgan fingerprint density at radius 2 is 2.08 bits per heavy atom. The average Bonchev–Trinajstić information content (AvgIpc) is 3.18. The Balaban J connectivity index is 1.64. The number of carbonyl (C=O) groups excluding carboxylic acids is 1. The fraction of sp³-hybridized carbons (Fsp3) is 0.360. The van der Waals surface area contributed by atoms with Gasteiger partial charge < -0.3 is 24.8 Å². The number of rotatable bonds is 11. The molecule has 1 aliphatic rings. The summed E-state index contributed by atoms with van der Waals surface area (Å²) in [5, 5.41) is 14.4. The number of benzene rings is 2. The van der Waals surface area contributed by atoms with E-state index < -0.39 is 56.3 Å². The van der Waals surface area contributed by atoms with Crippen molar-refractivity contribution in [1.82, 2.24) is 14.6 Å². The molecule has 13 nitrogen and oxygen atoms in total. The fourth-order valence-corrected chi connectivity index (χ4v) is 5.64. The molecule has 0 spiro atoms. The van der Waals surface area contributed by atoms with Gasteiger partial charge in [0.1, 0.15) is 30.3 Å². The highest BCUT2D eigenvalue weighted by Crippen LogP contribution is 2.49. The van der Waals surface area contributed by atoms with E-state index in [0.29, 0.717) is 5.39 Å². The predicted octanol–water partition coefficient (Wildman–Crippen LogP) is 2.35. The summed E-state index contributed by atoms with van der Waals surface area (Å²) >= 11 is 0. The minimum Gasteiger partial charge on any atom is -0.465 e. The smallest absolute Gasteiger partial charge is 0.459 e. The summed E-state index contributed by atoms with van der Waals surface area (Å²) in [7, 11) is -4.51. The number of nitrogens with two attached hydrogens (primary N) is 1. The number of aliphatic imine (C=N–C) groups is 1. The highest BCUT2D eigenvalue weighted by molar-refractivity contribution is 7.52. The summed E-state index contributed by atoms with van der Waals surface area (Å²) in [6, 6.07) is 12.2. The van der Waals surface area contributed by atoms with Crippen LogP contribution >= 0.6 is 7.75 Å². The lowest BCUT2D eigenvalue weighted by Gasteiger charge is -2.29. The summed E-state index contributed by atoms with van der Waals surface area (Å²) in [4.78, 5) is 31.8. The summed E-state index contributed by atoms with van der Waals surface area (Å²) in [5.74, 6) is -0.682. The first kappa shape index (κ1) is 29.3. The van der Waals surface area contributed by atoms with Crippen LogP contribution in [0.2, 0.25) is 0 Å². The molecule has 1 fully saturated rings. The van der Waals surface area contributed by atoms with Crippen LogP contribution in [0.1, 0.15) is 20.1 Å². The largest absolute Gasteiger partial charge is 0.465 e. The lowest BCUT2D eigenvalue weighted by Crippen LogP contribution is -2.43. The van der Waals surface area contributed by atoms with Gasteiger partial charge in [0.05, 0.1) is 6.61 Å². The Bertz CT molecular complexity index is 1500. The lowest BCUT2D eigenvalue weighted by molar-refractivity contribution is -0.144. The van der Waals surface area contributed by atoms with Crippen molar-refractivity contribution in [2.24, 2.45) is 4.99 Å². The second-order valence-electron chi connectivity index (χ2n) is 8.89. The molecule has 1 saturated heterocycles. The maximum atomic E-state index is 15.5. The molecule has 1 aromatic heterocycles. The Morgan fingerprint density at radius 1 is 1.35 bits per heavy atom. The van der Waals surface area contributed by atoms with Gasteiger partial charge in [-0.05, 0) is 38.1 Å². The molecule has 4 N–H and O–H groups in total. The first-order valence-electron chi connectivity index (χ1n) is 12.2. The highest BCUT2D eigenvalue weighted by Gasteiger charge is 2.57. The molecular weight excluding hydrogens is 548 g/mol. The molecule has 0 amide bonds. The maximum absolute atomic E-state index is 15.5. The van der Waals surface area contributed by atoms with Crippen molar-refractivity contribution < 1.29 is 37.4 Å². The third-order valence-corrected chi connectivity index (χ3v) is 7.75. The van der Waals surface area contributed by atoms with Gasteiger partial charge in [0.2, 0.25) is 5.72 Å². The SMILES string of the molecule is C=N[C@]1(COP(=O)(N[C@@H](C)C(=O)OCC)Oc2cccc3ccccc23)O[C@@H](n2ccc(N)nc2=O)[C@H](O)[C@@H]1F. The number of esters is 1. The minimum absolute atomic E-state index is 0.0691. The number of ether oxygens (including phenoxy) is 2. The molecule has 2 heterocycles. The number of fused-ring (bicyclic) bond motifs is 1. The predicted molar refractivity (Wildman–Crippen MR) is 144 cm³/mol. The molecule has 0 radical (unpaired) electrons. The van der Waals surface area contributed by atoms with Gasteiger partial charge in [-0.15, -0.1) is 0 Å². The third-order valence-electron chi connectivity index (χ3n) is 6.14. The number of halogens is 1. The van der Waals surface area contributed by atoms with Crippen molar-refractivity contribution in [1.29, 1.82) is 0 Å². The molecule has 1 aliphatic heterocycles.